The highest BCUT2D eigenvalue weighted by molar-refractivity contribution is 5.97. The highest BCUT2D eigenvalue weighted by Crippen LogP contribution is 2.23. The molecule has 1 aliphatic rings. The standard InChI is InChI=1S/C24H23N3O3/c1-17(18-9-13-22(14-10-18)30-21-5-3-2-4-6-21)26-23(28)19-7-11-20(12-8-19)27-16-15-25-24(27)29/h2-14,17H,15-16H2,1H3,(H,25,29)(H,26,28). The second-order valence-corrected chi connectivity index (χ2v) is 7.11. The predicted molar refractivity (Wildman–Crippen MR) is 116 cm³/mol. The number of anilines is 1. The Hall–Kier alpha value is -3.80. The van der Waals surface area contributed by atoms with Gasteiger partial charge in [-0.3, -0.25) is 9.69 Å². The lowest BCUT2D eigenvalue weighted by molar-refractivity contribution is 0.0940. The SMILES string of the molecule is CC(NC(=O)c1ccc(N2CCNC2=O)cc1)c1ccc(Oc2ccccc2)cc1. The van der Waals surface area contributed by atoms with E-state index >= 15 is 0 Å². The molecular weight excluding hydrogens is 378 g/mol. The topological polar surface area (TPSA) is 70.7 Å². The molecular formula is C24H23N3O3. The molecule has 1 unspecified atom stereocenters. The fraction of sp³-hybridized carbons (Fsp3) is 0.167. The van der Waals surface area contributed by atoms with Gasteiger partial charge in [-0.2, -0.15) is 0 Å². The van der Waals surface area contributed by atoms with E-state index in [4.69, 9.17) is 4.74 Å². The zero-order valence-corrected chi connectivity index (χ0v) is 16.7. The maximum Gasteiger partial charge on any atom is 0.321 e. The molecule has 0 aliphatic carbocycles. The molecule has 0 spiro atoms. The molecule has 6 nitrogen and oxygen atoms in total. The number of ether oxygens (including phenoxy) is 1. The van der Waals surface area contributed by atoms with Crippen LogP contribution in [0.2, 0.25) is 0 Å². The number of carbonyl (C=O) groups is 2. The minimum absolute atomic E-state index is 0.111. The molecule has 0 bridgehead atoms. The lowest BCUT2D eigenvalue weighted by atomic mass is 10.1. The van der Waals surface area contributed by atoms with Crippen LogP contribution in [0.4, 0.5) is 10.5 Å². The highest BCUT2D eigenvalue weighted by Gasteiger charge is 2.21. The van der Waals surface area contributed by atoms with E-state index in [0.717, 1.165) is 22.7 Å². The summed E-state index contributed by atoms with van der Waals surface area (Å²) >= 11 is 0. The molecule has 4 rings (SSSR count). The molecule has 1 heterocycles. The first kappa shape index (κ1) is 19.5. The van der Waals surface area contributed by atoms with Gasteiger partial charge in [0.25, 0.3) is 5.91 Å². The van der Waals surface area contributed by atoms with Gasteiger partial charge in [-0.1, -0.05) is 30.3 Å². The zero-order chi connectivity index (χ0) is 20.9. The van der Waals surface area contributed by atoms with Crippen molar-refractivity contribution in [1.82, 2.24) is 10.6 Å². The fourth-order valence-corrected chi connectivity index (χ4v) is 3.32. The Kier molecular flexibility index (Phi) is 5.66. The van der Waals surface area contributed by atoms with Crippen molar-refractivity contribution in [2.75, 3.05) is 18.0 Å². The van der Waals surface area contributed by atoms with Gasteiger partial charge in [0, 0.05) is 24.3 Å². The molecule has 3 aromatic carbocycles. The van der Waals surface area contributed by atoms with Crippen LogP contribution in [0.3, 0.4) is 0 Å². The summed E-state index contributed by atoms with van der Waals surface area (Å²) in [7, 11) is 0. The van der Waals surface area contributed by atoms with E-state index in [2.05, 4.69) is 10.6 Å². The third-order valence-corrected chi connectivity index (χ3v) is 5.00. The minimum atomic E-state index is -0.162. The first-order chi connectivity index (χ1) is 14.6. The Bertz CT molecular complexity index is 1020. The molecule has 1 fully saturated rings. The van der Waals surface area contributed by atoms with Crippen molar-refractivity contribution in [2.45, 2.75) is 13.0 Å². The summed E-state index contributed by atoms with van der Waals surface area (Å²) < 4.78 is 5.80. The van der Waals surface area contributed by atoms with Gasteiger partial charge in [-0.25, -0.2) is 4.79 Å². The van der Waals surface area contributed by atoms with Crippen molar-refractivity contribution in [3.8, 4) is 11.5 Å². The zero-order valence-electron chi connectivity index (χ0n) is 16.7. The Labute approximate surface area is 175 Å². The Morgan fingerprint density at radius 3 is 2.27 bits per heavy atom. The van der Waals surface area contributed by atoms with Crippen molar-refractivity contribution < 1.29 is 14.3 Å². The van der Waals surface area contributed by atoms with Gasteiger partial charge in [0.1, 0.15) is 11.5 Å². The van der Waals surface area contributed by atoms with Gasteiger partial charge >= 0.3 is 6.03 Å². The second kappa shape index (κ2) is 8.69. The molecule has 152 valence electrons. The molecule has 1 atom stereocenters. The normalized spacial score (nSPS) is 14.2. The fourth-order valence-electron chi connectivity index (χ4n) is 3.32. The lowest BCUT2D eigenvalue weighted by Gasteiger charge is -2.17. The van der Waals surface area contributed by atoms with Crippen LogP contribution in [0.1, 0.15) is 28.9 Å². The third kappa shape index (κ3) is 4.43. The Morgan fingerprint density at radius 1 is 0.967 bits per heavy atom. The number of benzene rings is 3. The molecule has 1 aliphatic heterocycles. The number of carbonyl (C=O) groups excluding carboxylic acids is 2. The Morgan fingerprint density at radius 2 is 1.63 bits per heavy atom. The molecule has 0 aromatic heterocycles. The van der Waals surface area contributed by atoms with E-state index in [9.17, 15) is 9.59 Å². The van der Waals surface area contributed by atoms with Crippen molar-refractivity contribution in [3.63, 3.8) is 0 Å². The van der Waals surface area contributed by atoms with Crippen LogP contribution in [-0.2, 0) is 0 Å². The molecule has 0 saturated carbocycles. The smallest absolute Gasteiger partial charge is 0.321 e. The highest BCUT2D eigenvalue weighted by atomic mass is 16.5. The number of rotatable bonds is 6. The van der Waals surface area contributed by atoms with Crippen LogP contribution >= 0.6 is 0 Å². The molecule has 0 radical (unpaired) electrons. The van der Waals surface area contributed by atoms with Gasteiger partial charge < -0.3 is 15.4 Å². The molecule has 30 heavy (non-hydrogen) atoms. The van der Waals surface area contributed by atoms with Gasteiger partial charge in [-0.15, -0.1) is 0 Å². The summed E-state index contributed by atoms with van der Waals surface area (Å²) in [6, 6.07) is 24.0. The van der Waals surface area contributed by atoms with Crippen LogP contribution in [-0.4, -0.2) is 25.0 Å². The Balaban J connectivity index is 1.36. The van der Waals surface area contributed by atoms with E-state index in [-0.39, 0.29) is 18.0 Å². The van der Waals surface area contributed by atoms with E-state index in [1.54, 1.807) is 29.2 Å². The van der Waals surface area contributed by atoms with Crippen LogP contribution in [0.15, 0.2) is 78.9 Å². The molecule has 1 saturated heterocycles. The second-order valence-electron chi connectivity index (χ2n) is 7.11. The van der Waals surface area contributed by atoms with E-state index in [1.807, 2.05) is 61.5 Å². The van der Waals surface area contributed by atoms with Gasteiger partial charge in [0.15, 0.2) is 0 Å². The largest absolute Gasteiger partial charge is 0.457 e. The average Bonchev–Trinajstić information content (AvgIpc) is 3.21. The number of nitrogens with zero attached hydrogens (tertiary/aromatic N) is 1. The van der Waals surface area contributed by atoms with Crippen molar-refractivity contribution in [1.29, 1.82) is 0 Å². The summed E-state index contributed by atoms with van der Waals surface area (Å²) in [4.78, 5) is 26.0. The van der Waals surface area contributed by atoms with Crippen LogP contribution in [0.25, 0.3) is 0 Å². The van der Waals surface area contributed by atoms with E-state index in [1.165, 1.54) is 0 Å². The molecule has 3 amide bonds. The van der Waals surface area contributed by atoms with E-state index < -0.39 is 0 Å². The lowest BCUT2D eigenvalue weighted by Crippen LogP contribution is -2.28. The van der Waals surface area contributed by atoms with Gasteiger partial charge in [-0.05, 0) is 61.0 Å². The summed E-state index contributed by atoms with van der Waals surface area (Å²) in [5, 5.41) is 5.77. The maximum absolute atomic E-state index is 12.6. The first-order valence-electron chi connectivity index (χ1n) is 9.89. The van der Waals surface area contributed by atoms with Crippen LogP contribution in [0, 0.1) is 0 Å². The van der Waals surface area contributed by atoms with Crippen LogP contribution in [0.5, 0.6) is 11.5 Å². The predicted octanol–water partition coefficient (Wildman–Crippen LogP) is 4.50. The molecule has 6 heteroatoms. The van der Waals surface area contributed by atoms with Gasteiger partial charge in [0.2, 0.25) is 0 Å². The van der Waals surface area contributed by atoms with Crippen molar-refractivity contribution in [3.05, 3.63) is 90.0 Å². The van der Waals surface area contributed by atoms with Crippen molar-refractivity contribution in [2.24, 2.45) is 0 Å². The summed E-state index contributed by atoms with van der Waals surface area (Å²) in [6.07, 6.45) is 0. The number of para-hydroxylation sites is 1. The number of amides is 3. The van der Waals surface area contributed by atoms with Crippen LogP contribution < -0.4 is 20.3 Å². The summed E-state index contributed by atoms with van der Waals surface area (Å²) in [5.74, 6) is 1.36. The number of urea groups is 1. The number of nitrogens with one attached hydrogen (secondary N) is 2. The average molecular weight is 401 g/mol. The third-order valence-electron chi connectivity index (χ3n) is 5.00. The van der Waals surface area contributed by atoms with Crippen molar-refractivity contribution >= 4 is 17.6 Å². The summed E-state index contributed by atoms with van der Waals surface area (Å²) in [6.45, 7) is 3.20. The monoisotopic (exact) mass is 401 g/mol. The maximum atomic E-state index is 12.6. The quantitative estimate of drug-likeness (QED) is 0.639. The minimum Gasteiger partial charge on any atom is -0.457 e. The number of hydrogen-bond donors (Lipinski definition) is 2. The molecule has 3 aromatic rings. The first-order valence-corrected chi connectivity index (χ1v) is 9.89. The summed E-state index contributed by atoms with van der Waals surface area (Å²) in [5.41, 5.74) is 2.31. The van der Waals surface area contributed by atoms with Gasteiger partial charge in [0.05, 0.1) is 6.04 Å². The number of hydrogen-bond acceptors (Lipinski definition) is 3. The molecule has 2 N–H and O–H groups in total. The van der Waals surface area contributed by atoms with E-state index in [0.29, 0.717) is 18.7 Å².